The van der Waals surface area contributed by atoms with Gasteiger partial charge in [0.05, 0.1) is 37.1 Å². The maximum atomic E-state index is 12.5. The molecule has 2 saturated heterocycles. The zero-order chi connectivity index (χ0) is 19.5. The Morgan fingerprint density at radius 2 is 2.00 bits per heavy atom. The molecule has 2 fully saturated rings. The molecule has 146 valence electrons. The zero-order valence-corrected chi connectivity index (χ0v) is 16.0. The monoisotopic (exact) mass is 380 g/mol. The summed E-state index contributed by atoms with van der Waals surface area (Å²) < 4.78 is 5.34. The van der Waals surface area contributed by atoms with E-state index in [1.807, 2.05) is 6.07 Å². The Morgan fingerprint density at radius 3 is 2.75 bits per heavy atom. The maximum absolute atomic E-state index is 12.5. The molecule has 8 nitrogen and oxygen atoms in total. The van der Waals surface area contributed by atoms with E-state index < -0.39 is 0 Å². The maximum Gasteiger partial charge on any atom is 0.234 e. The first kappa shape index (κ1) is 18.6. The Bertz CT molecular complexity index is 905. The summed E-state index contributed by atoms with van der Waals surface area (Å²) in [7, 11) is 0. The molecule has 4 rings (SSSR count). The van der Waals surface area contributed by atoms with E-state index in [0.717, 1.165) is 30.8 Å². The summed E-state index contributed by atoms with van der Waals surface area (Å²) in [6.07, 6.45) is 3.25. The highest BCUT2D eigenvalue weighted by Crippen LogP contribution is 2.30. The van der Waals surface area contributed by atoms with Crippen molar-refractivity contribution >= 4 is 22.6 Å². The van der Waals surface area contributed by atoms with Crippen molar-refractivity contribution in [3.05, 3.63) is 30.1 Å². The molecular formula is C20H24N6O2. The molecule has 0 spiro atoms. The summed E-state index contributed by atoms with van der Waals surface area (Å²) in [6.45, 7) is 7.08. The molecule has 0 aliphatic carbocycles. The van der Waals surface area contributed by atoms with Crippen LogP contribution in [-0.2, 0) is 9.53 Å². The molecule has 0 saturated carbocycles. The van der Waals surface area contributed by atoms with Crippen molar-refractivity contribution in [2.24, 2.45) is 5.92 Å². The number of carbonyl (C=O) groups excluding carboxylic acids is 1. The molecule has 0 unspecified atom stereocenters. The molecule has 2 aliphatic heterocycles. The molecule has 1 amide bonds. The molecule has 0 radical (unpaired) electrons. The lowest BCUT2D eigenvalue weighted by molar-refractivity contribution is -0.124. The summed E-state index contributed by atoms with van der Waals surface area (Å²) in [5, 5.41) is 12.5. The van der Waals surface area contributed by atoms with E-state index in [9.17, 15) is 10.1 Å². The summed E-state index contributed by atoms with van der Waals surface area (Å²) >= 11 is 0. The van der Waals surface area contributed by atoms with Crippen LogP contribution in [0.1, 0.15) is 12.5 Å². The lowest BCUT2D eigenvalue weighted by Crippen LogP contribution is -2.47. The predicted molar refractivity (Wildman–Crippen MR) is 105 cm³/mol. The molecule has 2 atom stereocenters. The van der Waals surface area contributed by atoms with Crippen LogP contribution >= 0.6 is 0 Å². The van der Waals surface area contributed by atoms with Crippen LogP contribution in [0.15, 0.2) is 24.5 Å². The zero-order valence-electron chi connectivity index (χ0n) is 16.0. The Hall–Kier alpha value is -2.76. The van der Waals surface area contributed by atoms with E-state index in [0.29, 0.717) is 43.3 Å². The predicted octanol–water partition coefficient (Wildman–Crippen LogP) is 0.775. The number of nitrogens with one attached hydrogen (secondary N) is 1. The Morgan fingerprint density at radius 1 is 1.25 bits per heavy atom. The van der Waals surface area contributed by atoms with Crippen molar-refractivity contribution in [3.8, 4) is 6.07 Å². The molecule has 0 bridgehead atoms. The van der Waals surface area contributed by atoms with E-state index >= 15 is 0 Å². The highest BCUT2D eigenvalue weighted by atomic mass is 16.5. The fourth-order valence-electron chi connectivity index (χ4n) is 3.95. The first-order valence-electron chi connectivity index (χ1n) is 9.64. The fourth-order valence-corrected chi connectivity index (χ4v) is 3.95. The first-order valence-corrected chi connectivity index (χ1v) is 9.64. The molecule has 3 heterocycles. The van der Waals surface area contributed by atoms with Crippen LogP contribution in [0, 0.1) is 17.2 Å². The number of morpholine rings is 1. The van der Waals surface area contributed by atoms with Gasteiger partial charge in [-0.25, -0.2) is 0 Å². The van der Waals surface area contributed by atoms with E-state index in [1.165, 1.54) is 0 Å². The smallest absolute Gasteiger partial charge is 0.234 e. The van der Waals surface area contributed by atoms with Gasteiger partial charge in [-0.3, -0.25) is 19.7 Å². The Labute approximate surface area is 164 Å². The molecule has 28 heavy (non-hydrogen) atoms. The third kappa shape index (κ3) is 3.77. The number of hydrogen-bond acceptors (Lipinski definition) is 7. The van der Waals surface area contributed by atoms with Crippen molar-refractivity contribution in [2.45, 2.75) is 13.0 Å². The number of aromatic nitrogens is 2. The van der Waals surface area contributed by atoms with Gasteiger partial charge in [0, 0.05) is 38.6 Å². The Kier molecular flexibility index (Phi) is 5.37. The van der Waals surface area contributed by atoms with Crippen molar-refractivity contribution in [1.82, 2.24) is 20.2 Å². The van der Waals surface area contributed by atoms with Gasteiger partial charge in [0.1, 0.15) is 17.1 Å². The topological polar surface area (TPSA) is 94.4 Å². The standard InChI is InChI=1S/C20H24N6O2/c1-14-11-26(12-16(14)24-18(27)13-25-6-8-28-9-7-25)17-3-2-15(10-21)19-20(17)23-5-4-22-19/h2-5,14,16H,6-9,11-13H2,1H3,(H,24,27)/t14-,16+/m1/s1. The summed E-state index contributed by atoms with van der Waals surface area (Å²) in [6, 6.07) is 5.98. The number of anilines is 1. The van der Waals surface area contributed by atoms with Crippen molar-refractivity contribution in [3.63, 3.8) is 0 Å². The minimum Gasteiger partial charge on any atom is -0.379 e. The SMILES string of the molecule is C[C@@H]1CN(c2ccc(C#N)c3nccnc23)C[C@@H]1NC(=O)CN1CCOCC1. The molecule has 8 heteroatoms. The highest BCUT2D eigenvalue weighted by molar-refractivity contribution is 5.92. The highest BCUT2D eigenvalue weighted by Gasteiger charge is 2.32. The number of hydrogen-bond donors (Lipinski definition) is 1. The average Bonchev–Trinajstić information content (AvgIpc) is 3.07. The van der Waals surface area contributed by atoms with Gasteiger partial charge in [-0.15, -0.1) is 0 Å². The van der Waals surface area contributed by atoms with Crippen LogP contribution in [0.3, 0.4) is 0 Å². The summed E-state index contributed by atoms with van der Waals surface area (Å²) in [5.41, 5.74) is 2.83. The number of ether oxygens (including phenoxy) is 1. The second-order valence-corrected chi connectivity index (χ2v) is 7.44. The summed E-state index contributed by atoms with van der Waals surface area (Å²) in [4.78, 5) is 25.6. The van der Waals surface area contributed by atoms with Crippen LogP contribution in [0.2, 0.25) is 0 Å². The van der Waals surface area contributed by atoms with Crippen LogP contribution in [0.25, 0.3) is 11.0 Å². The third-order valence-electron chi connectivity index (χ3n) is 5.49. The molecule has 1 aromatic heterocycles. The quantitative estimate of drug-likeness (QED) is 0.837. The van der Waals surface area contributed by atoms with Crippen molar-refractivity contribution in [1.29, 1.82) is 5.26 Å². The molecular weight excluding hydrogens is 356 g/mol. The van der Waals surface area contributed by atoms with Gasteiger partial charge in [-0.2, -0.15) is 5.26 Å². The molecule has 1 aromatic carbocycles. The van der Waals surface area contributed by atoms with E-state index in [1.54, 1.807) is 18.5 Å². The van der Waals surface area contributed by atoms with Crippen LogP contribution in [-0.4, -0.2) is 72.8 Å². The first-order chi connectivity index (χ1) is 13.7. The lowest BCUT2D eigenvalue weighted by Gasteiger charge is -2.27. The minimum absolute atomic E-state index is 0.0603. The van der Waals surface area contributed by atoms with Crippen molar-refractivity contribution < 1.29 is 9.53 Å². The van der Waals surface area contributed by atoms with Gasteiger partial charge >= 0.3 is 0 Å². The molecule has 2 aliphatic rings. The van der Waals surface area contributed by atoms with Gasteiger partial charge in [0.2, 0.25) is 5.91 Å². The lowest BCUT2D eigenvalue weighted by atomic mass is 10.1. The van der Waals surface area contributed by atoms with E-state index in [4.69, 9.17) is 4.74 Å². The second kappa shape index (κ2) is 8.09. The largest absolute Gasteiger partial charge is 0.379 e. The van der Waals surface area contributed by atoms with Gasteiger partial charge < -0.3 is 15.0 Å². The number of nitrogens with zero attached hydrogens (tertiary/aromatic N) is 5. The van der Waals surface area contributed by atoms with Crippen molar-refractivity contribution in [2.75, 3.05) is 50.8 Å². The van der Waals surface area contributed by atoms with Gasteiger partial charge in [-0.1, -0.05) is 6.92 Å². The Balaban J connectivity index is 1.46. The minimum atomic E-state index is 0.0603. The third-order valence-corrected chi connectivity index (χ3v) is 5.49. The summed E-state index contributed by atoms with van der Waals surface area (Å²) in [5.74, 6) is 0.376. The second-order valence-electron chi connectivity index (χ2n) is 7.44. The fraction of sp³-hybridized carbons (Fsp3) is 0.500. The van der Waals surface area contributed by atoms with Crippen LogP contribution < -0.4 is 10.2 Å². The van der Waals surface area contributed by atoms with Gasteiger partial charge in [0.15, 0.2) is 0 Å². The van der Waals surface area contributed by atoms with E-state index in [2.05, 4.69) is 38.1 Å². The van der Waals surface area contributed by atoms with Crippen LogP contribution in [0.4, 0.5) is 5.69 Å². The average molecular weight is 380 g/mol. The van der Waals surface area contributed by atoms with E-state index in [-0.39, 0.29) is 11.9 Å². The number of fused-ring (bicyclic) bond motifs is 1. The molecule has 2 aromatic rings. The van der Waals surface area contributed by atoms with Crippen LogP contribution in [0.5, 0.6) is 0 Å². The van der Waals surface area contributed by atoms with Gasteiger partial charge in [-0.05, 0) is 18.1 Å². The number of amides is 1. The number of carbonyl (C=O) groups is 1. The van der Waals surface area contributed by atoms with Gasteiger partial charge in [0.25, 0.3) is 0 Å². The number of rotatable bonds is 4. The number of nitriles is 1. The number of benzene rings is 1. The normalized spacial score (nSPS) is 22.9. The molecule has 1 N–H and O–H groups in total.